The van der Waals surface area contributed by atoms with Crippen LogP contribution < -0.4 is 5.32 Å². The van der Waals surface area contributed by atoms with Gasteiger partial charge in [0.2, 0.25) is 0 Å². The topological polar surface area (TPSA) is 64.4 Å². The molecule has 0 atom stereocenters. The summed E-state index contributed by atoms with van der Waals surface area (Å²) < 4.78 is 25.5. The van der Waals surface area contributed by atoms with E-state index in [0.29, 0.717) is 13.2 Å². The Bertz CT molecular complexity index is 1240. The third-order valence-electron chi connectivity index (χ3n) is 5.22. The monoisotopic (exact) mass is 464 g/mol. The lowest BCUT2D eigenvalue weighted by Gasteiger charge is -2.12. The number of nitrogens with one attached hydrogen (secondary N) is 1. The number of ether oxygens (including phenoxy) is 1. The van der Waals surface area contributed by atoms with Crippen molar-refractivity contribution in [3.05, 3.63) is 112 Å². The van der Waals surface area contributed by atoms with Crippen LogP contribution in [-0.2, 0) is 24.5 Å². The number of benzene rings is 3. The molecule has 0 aliphatic rings. The van der Waals surface area contributed by atoms with E-state index in [2.05, 4.69) is 10.5 Å². The molecule has 0 spiro atoms. The number of nitrogens with zero attached hydrogens (tertiary/aromatic N) is 1. The molecule has 0 fully saturated rings. The Morgan fingerprint density at radius 1 is 1.00 bits per heavy atom. The SMILES string of the molecule is Cc1onc(-c2c(F)cccc2Cl)c1C(=O)NCc1ccccc1COCc1ccccc1. The van der Waals surface area contributed by atoms with Crippen LogP contribution >= 0.6 is 11.6 Å². The van der Waals surface area contributed by atoms with Gasteiger partial charge in [-0.25, -0.2) is 4.39 Å². The third kappa shape index (κ3) is 5.30. The van der Waals surface area contributed by atoms with E-state index in [1.54, 1.807) is 6.92 Å². The van der Waals surface area contributed by atoms with Crippen molar-refractivity contribution in [1.82, 2.24) is 10.5 Å². The van der Waals surface area contributed by atoms with E-state index in [0.717, 1.165) is 16.7 Å². The van der Waals surface area contributed by atoms with Crippen LogP contribution in [0.2, 0.25) is 5.02 Å². The molecule has 168 valence electrons. The summed E-state index contributed by atoms with van der Waals surface area (Å²) in [5.41, 5.74) is 3.24. The third-order valence-corrected chi connectivity index (χ3v) is 5.53. The lowest BCUT2D eigenvalue weighted by molar-refractivity contribution is 0.0946. The molecule has 0 saturated heterocycles. The van der Waals surface area contributed by atoms with Crippen molar-refractivity contribution in [3.63, 3.8) is 0 Å². The number of halogens is 2. The summed E-state index contributed by atoms with van der Waals surface area (Å²) in [6, 6.07) is 21.9. The number of aryl methyl sites for hydroxylation is 1. The smallest absolute Gasteiger partial charge is 0.257 e. The Hall–Kier alpha value is -3.48. The summed E-state index contributed by atoms with van der Waals surface area (Å²) in [5, 5.41) is 6.92. The molecular weight excluding hydrogens is 443 g/mol. The van der Waals surface area contributed by atoms with Gasteiger partial charge in [-0.05, 0) is 35.7 Å². The van der Waals surface area contributed by atoms with Gasteiger partial charge in [0.05, 0.1) is 23.8 Å². The fourth-order valence-electron chi connectivity index (χ4n) is 3.52. The molecule has 1 heterocycles. The molecule has 0 radical (unpaired) electrons. The van der Waals surface area contributed by atoms with Gasteiger partial charge in [-0.15, -0.1) is 0 Å². The molecule has 0 aliphatic carbocycles. The van der Waals surface area contributed by atoms with Crippen molar-refractivity contribution in [3.8, 4) is 11.3 Å². The van der Waals surface area contributed by atoms with E-state index in [9.17, 15) is 9.18 Å². The highest BCUT2D eigenvalue weighted by molar-refractivity contribution is 6.33. The van der Waals surface area contributed by atoms with Gasteiger partial charge >= 0.3 is 0 Å². The predicted molar refractivity (Wildman–Crippen MR) is 124 cm³/mol. The molecule has 5 nitrogen and oxygen atoms in total. The van der Waals surface area contributed by atoms with Crippen LogP contribution in [0.3, 0.4) is 0 Å². The lowest BCUT2D eigenvalue weighted by atomic mass is 10.0. The van der Waals surface area contributed by atoms with Crippen LogP contribution in [-0.4, -0.2) is 11.1 Å². The Morgan fingerprint density at radius 3 is 2.48 bits per heavy atom. The highest BCUT2D eigenvalue weighted by Gasteiger charge is 2.25. The standard InChI is InChI=1S/C26H22ClFN2O3/c1-17-23(25(30-33-17)24-21(27)12-7-13-22(24)28)26(31)29-14-19-10-5-6-11-20(19)16-32-15-18-8-3-2-4-9-18/h2-13H,14-16H2,1H3,(H,29,31). The van der Waals surface area contributed by atoms with Crippen LogP contribution in [0.5, 0.6) is 0 Å². The predicted octanol–water partition coefficient (Wildman–Crippen LogP) is 6.09. The zero-order chi connectivity index (χ0) is 23.2. The number of carbonyl (C=O) groups is 1. The van der Waals surface area contributed by atoms with Crippen molar-refractivity contribution in [2.75, 3.05) is 0 Å². The van der Waals surface area contributed by atoms with E-state index in [-0.39, 0.29) is 34.1 Å². The van der Waals surface area contributed by atoms with Gasteiger partial charge < -0.3 is 14.6 Å². The van der Waals surface area contributed by atoms with E-state index in [4.69, 9.17) is 20.9 Å². The molecule has 0 unspecified atom stereocenters. The molecule has 1 N–H and O–H groups in total. The summed E-state index contributed by atoms with van der Waals surface area (Å²) in [5.74, 6) is -0.727. The molecule has 4 rings (SSSR count). The first-order valence-electron chi connectivity index (χ1n) is 10.4. The maximum Gasteiger partial charge on any atom is 0.257 e. The number of hydrogen-bond acceptors (Lipinski definition) is 4. The molecule has 1 amide bonds. The molecular formula is C26H22ClFN2O3. The zero-order valence-corrected chi connectivity index (χ0v) is 18.7. The summed E-state index contributed by atoms with van der Waals surface area (Å²) in [6.07, 6.45) is 0. The van der Waals surface area contributed by atoms with Crippen LogP contribution in [0, 0.1) is 12.7 Å². The van der Waals surface area contributed by atoms with Crippen LogP contribution in [0.1, 0.15) is 32.8 Å². The van der Waals surface area contributed by atoms with E-state index in [1.165, 1.54) is 18.2 Å². The van der Waals surface area contributed by atoms with Gasteiger partial charge in [0.1, 0.15) is 22.8 Å². The minimum Gasteiger partial charge on any atom is -0.372 e. The summed E-state index contributed by atoms with van der Waals surface area (Å²) in [6.45, 7) is 2.77. The van der Waals surface area contributed by atoms with Gasteiger partial charge in [0.15, 0.2) is 0 Å². The first kappa shape index (κ1) is 22.7. The fraction of sp³-hybridized carbons (Fsp3) is 0.154. The van der Waals surface area contributed by atoms with E-state index in [1.807, 2.05) is 54.6 Å². The summed E-state index contributed by atoms with van der Waals surface area (Å²) >= 11 is 6.17. The molecule has 3 aromatic carbocycles. The van der Waals surface area contributed by atoms with Gasteiger partial charge in [0, 0.05) is 6.54 Å². The average molecular weight is 465 g/mol. The second kappa shape index (κ2) is 10.4. The van der Waals surface area contributed by atoms with Crippen molar-refractivity contribution in [1.29, 1.82) is 0 Å². The largest absolute Gasteiger partial charge is 0.372 e. The average Bonchev–Trinajstić information content (AvgIpc) is 3.20. The Morgan fingerprint density at radius 2 is 1.73 bits per heavy atom. The molecule has 7 heteroatoms. The van der Waals surface area contributed by atoms with E-state index >= 15 is 0 Å². The molecule has 0 saturated carbocycles. The normalized spacial score (nSPS) is 10.9. The molecule has 0 bridgehead atoms. The number of aromatic nitrogens is 1. The molecule has 33 heavy (non-hydrogen) atoms. The van der Waals surface area contributed by atoms with Crippen molar-refractivity contribution in [2.24, 2.45) is 0 Å². The second-order valence-corrected chi connectivity index (χ2v) is 7.90. The number of hydrogen-bond donors (Lipinski definition) is 1. The number of amides is 1. The number of rotatable bonds is 8. The first-order chi connectivity index (χ1) is 16.0. The van der Waals surface area contributed by atoms with Crippen LogP contribution in [0.25, 0.3) is 11.3 Å². The first-order valence-corrected chi connectivity index (χ1v) is 10.8. The molecule has 4 aromatic rings. The van der Waals surface area contributed by atoms with Crippen molar-refractivity contribution >= 4 is 17.5 Å². The summed E-state index contributed by atoms with van der Waals surface area (Å²) in [4.78, 5) is 13.0. The van der Waals surface area contributed by atoms with Gasteiger partial charge in [-0.1, -0.05) is 77.4 Å². The highest BCUT2D eigenvalue weighted by Crippen LogP contribution is 2.33. The van der Waals surface area contributed by atoms with Gasteiger partial charge in [0.25, 0.3) is 5.91 Å². The van der Waals surface area contributed by atoms with Crippen molar-refractivity contribution in [2.45, 2.75) is 26.7 Å². The van der Waals surface area contributed by atoms with Crippen molar-refractivity contribution < 1.29 is 18.4 Å². The minimum absolute atomic E-state index is 0.0379. The Kier molecular flexibility index (Phi) is 7.17. The quantitative estimate of drug-likeness (QED) is 0.342. The van der Waals surface area contributed by atoms with Crippen LogP contribution in [0.15, 0.2) is 77.3 Å². The maximum atomic E-state index is 14.4. The highest BCUT2D eigenvalue weighted by atomic mass is 35.5. The fourth-order valence-corrected chi connectivity index (χ4v) is 3.77. The Balaban J connectivity index is 1.47. The zero-order valence-electron chi connectivity index (χ0n) is 18.0. The van der Waals surface area contributed by atoms with Gasteiger partial charge in [-0.2, -0.15) is 0 Å². The second-order valence-electron chi connectivity index (χ2n) is 7.49. The van der Waals surface area contributed by atoms with Crippen LogP contribution in [0.4, 0.5) is 4.39 Å². The lowest BCUT2D eigenvalue weighted by Crippen LogP contribution is -2.24. The molecule has 0 aliphatic heterocycles. The summed E-state index contributed by atoms with van der Waals surface area (Å²) in [7, 11) is 0. The number of carbonyl (C=O) groups excluding carboxylic acids is 1. The minimum atomic E-state index is -0.578. The molecule has 1 aromatic heterocycles. The van der Waals surface area contributed by atoms with Gasteiger partial charge in [-0.3, -0.25) is 4.79 Å². The Labute approximate surface area is 196 Å². The van der Waals surface area contributed by atoms with E-state index < -0.39 is 11.7 Å². The maximum absolute atomic E-state index is 14.4.